The molecule has 0 aromatic heterocycles. The van der Waals surface area contributed by atoms with Gasteiger partial charge in [0, 0.05) is 23.9 Å². The second kappa shape index (κ2) is 13.8. The molecule has 12 heteroatoms. The Kier molecular flexibility index (Phi) is 10.8. The molecule has 0 bridgehead atoms. The van der Waals surface area contributed by atoms with Crippen molar-refractivity contribution >= 4 is 11.9 Å². The number of rotatable bonds is 11. The summed E-state index contributed by atoms with van der Waals surface area (Å²) in [7, 11) is 1.24. The molecule has 0 radical (unpaired) electrons. The molecular weight excluding hydrogens is 502 g/mol. The maximum absolute atomic E-state index is 12.5. The van der Waals surface area contributed by atoms with Crippen molar-refractivity contribution in [3.8, 4) is 0 Å². The van der Waals surface area contributed by atoms with Crippen molar-refractivity contribution in [3.63, 3.8) is 0 Å². The molecular formula is C26H35NO11. The van der Waals surface area contributed by atoms with E-state index >= 15 is 0 Å². The van der Waals surface area contributed by atoms with Crippen LogP contribution >= 0.6 is 0 Å². The van der Waals surface area contributed by atoms with Crippen molar-refractivity contribution in [2.75, 3.05) is 26.8 Å². The quantitative estimate of drug-likeness (QED) is 0.134. The van der Waals surface area contributed by atoms with E-state index < -0.39 is 67.4 Å². The number of allylic oxidation sites excluding steroid dienone is 4. The molecule has 3 heterocycles. The maximum Gasteiger partial charge on any atom is 0.337 e. The highest BCUT2D eigenvalue weighted by molar-refractivity contribution is 5.89. The third-order valence-corrected chi connectivity index (χ3v) is 6.66. The summed E-state index contributed by atoms with van der Waals surface area (Å²) >= 11 is 0. The number of nitrogens with one attached hydrogen (secondary N) is 1. The van der Waals surface area contributed by atoms with E-state index in [0.717, 1.165) is 10.5 Å². The van der Waals surface area contributed by atoms with E-state index in [-0.39, 0.29) is 12.0 Å². The molecule has 0 spiro atoms. The number of hydrogen-bond donors (Lipinski definition) is 5. The Morgan fingerprint density at radius 1 is 1.24 bits per heavy atom. The van der Waals surface area contributed by atoms with E-state index in [4.69, 9.17) is 18.9 Å². The van der Waals surface area contributed by atoms with Gasteiger partial charge < -0.3 is 54.2 Å². The number of ether oxygens (including phenoxy) is 4. The number of quaternary nitrogens is 1. The Bertz CT molecular complexity index is 972. The fraction of sp³-hybridized carbons (Fsp3) is 0.538. The maximum atomic E-state index is 12.5. The van der Waals surface area contributed by atoms with Gasteiger partial charge in [-0.2, -0.15) is 0 Å². The van der Waals surface area contributed by atoms with Crippen molar-refractivity contribution in [1.82, 2.24) is 0 Å². The lowest BCUT2D eigenvalue weighted by molar-refractivity contribution is -0.841. The summed E-state index contributed by atoms with van der Waals surface area (Å²) in [6.45, 7) is 4.54. The molecule has 0 aromatic rings. The molecule has 3 rings (SSSR count). The van der Waals surface area contributed by atoms with Gasteiger partial charge in [0.1, 0.15) is 37.2 Å². The molecule has 3 aliphatic heterocycles. The molecule has 9 atom stereocenters. The lowest BCUT2D eigenvalue weighted by Crippen LogP contribution is -3.07. The normalized spacial score (nSPS) is 35.2. The van der Waals surface area contributed by atoms with Crippen LogP contribution in [-0.4, -0.2) is 96.2 Å². The minimum absolute atomic E-state index is 0.0154. The molecule has 210 valence electrons. The van der Waals surface area contributed by atoms with Crippen LogP contribution in [-0.2, 0) is 28.5 Å². The lowest BCUT2D eigenvalue weighted by Gasteiger charge is -2.42. The lowest BCUT2D eigenvalue weighted by atomic mass is 9.83. The summed E-state index contributed by atoms with van der Waals surface area (Å²) in [5.41, 5.74) is 1.03. The Morgan fingerprint density at radius 2 is 2.00 bits per heavy atom. The fourth-order valence-electron chi connectivity index (χ4n) is 4.55. The molecule has 38 heavy (non-hydrogen) atoms. The van der Waals surface area contributed by atoms with Crippen LogP contribution in [0.2, 0.25) is 0 Å². The zero-order chi connectivity index (χ0) is 27.8. The Morgan fingerprint density at radius 3 is 2.66 bits per heavy atom. The van der Waals surface area contributed by atoms with E-state index in [0.29, 0.717) is 19.5 Å². The SMILES string of the molecule is C=CC1C(OC2OC(CO)C(O)C(O)C2O)OC=C(C(=O)OC)C1C=CC1=C[NH+](CCCC(=O)[O-])CC=C1. The average molecular weight is 538 g/mol. The smallest absolute Gasteiger partial charge is 0.337 e. The average Bonchev–Trinajstić information content (AvgIpc) is 2.91. The Hall–Kier alpha value is -2.84. The third kappa shape index (κ3) is 7.17. The van der Waals surface area contributed by atoms with Crippen molar-refractivity contribution in [1.29, 1.82) is 0 Å². The molecule has 1 saturated heterocycles. The summed E-state index contributed by atoms with van der Waals surface area (Å²) in [4.78, 5) is 24.3. The summed E-state index contributed by atoms with van der Waals surface area (Å²) < 4.78 is 21.8. The first-order valence-electron chi connectivity index (χ1n) is 12.3. The standard InChI is InChI=1S/C26H35NO11/c1-3-16-17(9-8-15-6-4-10-27(12-15)11-5-7-20(29)30)18(24(34)35-2)14-36-25(16)38-26-23(33)22(32)21(31)19(13-28)37-26/h3-4,6,8-9,12,14,16-17,19,21-23,25-26,28,31-33H,1,5,7,10-11,13H2,2H3,(H,29,30). The van der Waals surface area contributed by atoms with Gasteiger partial charge in [0.15, 0.2) is 6.29 Å². The Balaban J connectivity index is 1.80. The van der Waals surface area contributed by atoms with Crippen molar-refractivity contribution < 1.29 is 59.0 Å². The van der Waals surface area contributed by atoms with Crippen LogP contribution in [0.15, 0.2) is 60.6 Å². The van der Waals surface area contributed by atoms with Crippen molar-refractivity contribution in [3.05, 3.63) is 60.6 Å². The summed E-state index contributed by atoms with van der Waals surface area (Å²) in [6.07, 6.45) is 4.04. The van der Waals surface area contributed by atoms with Crippen LogP contribution in [0, 0.1) is 11.8 Å². The van der Waals surface area contributed by atoms with Crippen molar-refractivity contribution in [2.24, 2.45) is 11.8 Å². The molecule has 1 fully saturated rings. The van der Waals surface area contributed by atoms with Gasteiger partial charge in [-0.3, -0.25) is 0 Å². The summed E-state index contributed by atoms with van der Waals surface area (Å²) in [5, 5.41) is 50.6. The molecule has 0 aliphatic carbocycles. The first-order valence-corrected chi connectivity index (χ1v) is 12.3. The zero-order valence-electron chi connectivity index (χ0n) is 21.0. The van der Waals surface area contributed by atoms with Crippen LogP contribution in [0.25, 0.3) is 0 Å². The number of aliphatic carboxylic acids is 1. The van der Waals surface area contributed by atoms with Crippen molar-refractivity contribution in [2.45, 2.75) is 49.8 Å². The number of carbonyl (C=O) groups is 2. The van der Waals surface area contributed by atoms with Gasteiger partial charge in [0.05, 0.1) is 38.0 Å². The number of aliphatic hydroxyl groups is 4. The van der Waals surface area contributed by atoms with Gasteiger partial charge in [-0.1, -0.05) is 18.2 Å². The highest BCUT2D eigenvalue weighted by atomic mass is 16.8. The van der Waals surface area contributed by atoms with Crippen LogP contribution in [0.3, 0.4) is 0 Å². The molecule has 0 aromatic carbocycles. The number of carbonyl (C=O) groups excluding carboxylic acids is 2. The van der Waals surface area contributed by atoms with Gasteiger partial charge in [-0.05, 0) is 18.6 Å². The van der Waals surface area contributed by atoms with E-state index in [1.54, 1.807) is 6.08 Å². The van der Waals surface area contributed by atoms with Gasteiger partial charge in [-0.25, -0.2) is 4.79 Å². The van der Waals surface area contributed by atoms with Gasteiger partial charge in [-0.15, -0.1) is 6.58 Å². The summed E-state index contributed by atoms with van der Waals surface area (Å²) in [5.74, 6) is -3.00. The zero-order valence-corrected chi connectivity index (χ0v) is 21.0. The first-order chi connectivity index (χ1) is 18.2. The second-order valence-electron chi connectivity index (χ2n) is 9.24. The first kappa shape index (κ1) is 29.7. The van der Waals surface area contributed by atoms with E-state index in [1.165, 1.54) is 19.4 Å². The van der Waals surface area contributed by atoms with Crippen LogP contribution < -0.4 is 10.0 Å². The number of esters is 1. The van der Waals surface area contributed by atoms with E-state index in [1.807, 2.05) is 24.4 Å². The third-order valence-electron chi connectivity index (χ3n) is 6.66. The molecule has 12 nitrogen and oxygen atoms in total. The number of methoxy groups -OCH3 is 1. The summed E-state index contributed by atoms with van der Waals surface area (Å²) in [6, 6.07) is 0. The molecule has 5 N–H and O–H groups in total. The van der Waals surface area contributed by atoms with Crippen LogP contribution in [0.4, 0.5) is 0 Å². The van der Waals surface area contributed by atoms with Gasteiger partial charge in [0.2, 0.25) is 6.29 Å². The van der Waals surface area contributed by atoms with Crippen LogP contribution in [0.5, 0.6) is 0 Å². The highest BCUT2D eigenvalue weighted by Gasteiger charge is 2.47. The molecule has 0 saturated carbocycles. The number of carboxylic acids is 1. The van der Waals surface area contributed by atoms with Gasteiger partial charge >= 0.3 is 5.97 Å². The van der Waals surface area contributed by atoms with Gasteiger partial charge in [0.25, 0.3) is 0 Å². The predicted octanol–water partition coefficient (Wildman–Crippen LogP) is -2.94. The minimum Gasteiger partial charge on any atom is -0.550 e. The topological polar surface area (TPSA) is 179 Å². The predicted molar refractivity (Wildman–Crippen MR) is 128 cm³/mol. The van der Waals surface area contributed by atoms with E-state index in [9.17, 15) is 35.1 Å². The minimum atomic E-state index is -1.63. The fourth-order valence-corrected chi connectivity index (χ4v) is 4.55. The molecule has 3 aliphatic rings. The highest BCUT2D eigenvalue weighted by Crippen LogP contribution is 2.36. The molecule has 0 amide bonds. The van der Waals surface area contributed by atoms with Crippen LogP contribution in [0.1, 0.15) is 12.8 Å². The monoisotopic (exact) mass is 537 g/mol. The second-order valence-corrected chi connectivity index (χ2v) is 9.24. The Labute approximate surface area is 220 Å². The molecule has 9 unspecified atom stereocenters. The largest absolute Gasteiger partial charge is 0.550 e. The number of hydrogen-bond acceptors (Lipinski definition) is 11. The van der Waals surface area contributed by atoms with E-state index in [2.05, 4.69) is 6.58 Å². The number of aliphatic hydroxyl groups excluding tert-OH is 4. The number of carboxylic acid groups (broad SMARTS) is 1.